The van der Waals surface area contributed by atoms with Crippen molar-refractivity contribution >= 4 is 18.2 Å². The van der Waals surface area contributed by atoms with Crippen molar-refractivity contribution in [3.05, 3.63) is 41.5 Å². The van der Waals surface area contributed by atoms with Crippen LogP contribution in [0.25, 0.3) is 11.3 Å². The number of nitrogens with zero attached hydrogens (tertiary/aromatic N) is 1. The lowest BCUT2D eigenvalue weighted by atomic mass is 9.87. The predicted molar refractivity (Wildman–Crippen MR) is 98.6 cm³/mol. The average molecular weight is 350 g/mol. The third-order valence-corrected chi connectivity index (χ3v) is 4.47. The number of para-hydroxylation sites is 1. The quantitative estimate of drug-likeness (QED) is 0.680. The number of nitrogens with one attached hydrogen (secondary N) is 1. The molecule has 0 radical (unpaired) electrons. The molecule has 0 bridgehead atoms. The Kier molecular flexibility index (Phi) is 6.43. The Morgan fingerprint density at radius 3 is 2.75 bits per heavy atom. The highest BCUT2D eigenvalue weighted by Gasteiger charge is 2.22. The summed E-state index contributed by atoms with van der Waals surface area (Å²) in [6.45, 7) is 2.00. The first kappa shape index (κ1) is 18.5. The molecular weight excluding hydrogens is 326 g/mol. The summed E-state index contributed by atoms with van der Waals surface area (Å²) in [4.78, 5) is 4.46. The number of aromatic hydroxyl groups is 1. The van der Waals surface area contributed by atoms with E-state index in [-0.39, 0.29) is 24.8 Å². The Morgan fingerprint density at radius 2 is 2.08 bits per heavy atom. The van der Waals surface area contributed by atoms with Gasteiger partial charge in [0.15, 0.2) is 0 Å². The Balaban J connectivity index is 0.00000208. The number of aliphatic hydroxyl groups excluding tert-OH is 1. The van der Waals surface area contributed by atoms with E-state index >= 15 is 0 Å². The number of phenols is 1. The average Bonchev–Trinajstić information content (AvgIpc) is 2.58. The van der Waals surface area contributed by atoms with Crippen molar-refractivity contribution in [3.8, 4) is 17.0 Å². The van der Waals surface area contributed by atoms with Gasteiger partial charge in [-0.2, -0.15) is 0 Å². The second kappa shape index (κ2) is 8.33. The zero-order chi connectivity index (χ0) is 16.2. The van der Waals surface area contributed by atoms with Gasteiger partial charge in [0.25, 0.3) is 0 Å². The molecule has 130 valence electrons. The van der Waals surface area contributed by atoms with Gasteiger partial charge in [0.2, 0.25) is 0 Å². The van der Waals surface area contributed by atoms with E-state index in [1.165, 1.54) is 0 Å². The highest BCUT2D eigenvalue weighted by Crippen LogP contribution is 2.35. The third-order valence-electron chi connectivity index (χ3n) is 4.47. The minimum Gasteiger partial charge on any atom is -0.507 e. The number of hydrogen-bond donors (Lipinski definition) is 4. The van der Waals surface area contributed by atoms with Crippen molar-refractivity contribution in [3.63, 3.8) is 0 Å². The largest absolute Gasteiger partial charge is 0.507 e. The number of nitrogens with two attached hydrogens (primary N) is 1. The molecule has 5 N–H and O–H groups in total. The van der Waals surface area contributed by atoms with Gasteiger partial charge in [0, 0.05) is 24.3 Å². The number of phenolic OH excluding ortho intramolecular Hbond substituents is 1. The fourth-order valence-corrected chi connectivity index (χ4v) is 3.31. The van der Waals surface area contributed by atoms with Crippen molar-refractivity contribution in [2.45, 2.75) is 25.2 Å². The van der Waals surface area contributed by atoms with Crippen LogP contribution in [0.3, 0.4) is 0 Å². The van der Waals surface area contributed by atoms with Crippen LogP contribution in [0.15, 0.2) is 30.3 Å². The van der Waals surface area contributed by atoms with Crippen molar-refractivity contribution in [2.75, 3.05) is 25.4 Å². The van der Waals surface area contributed by atoms with Gasteiger partial charge < -0.3 is 21.3 Å². The first-order valence-electron chi connectivity index (χ1n) is 8.10. The van der Waals surface area contributed by atoms with Crippen molar-refractivity contribution in [1.82, 2.24) is 10.3 Å². The summed E-state index contributed by atoms with van der Waals surface area (Å²) in [6.07, 6.45) is 2.72. The van der Waals surface area contributed by atoms with E-state index in [0.717, 1.165) is 37.1 Å². The molecule has 5 nitrogen and oxygen atoms in total. The van der Waals surface area contributed by atoms with Crippen LogP contribution in [0.2, 0.25) is 0 Å². The van der Waals surface area contributed by atoms with Crippen LogP contribution in [0.4, 0.5) is 5.82 Å². The molecule has 1 aliphatic rings. The van der Waals surface area contributed by atoms with E-state index in [0.29, 0.717) is 29.4 Å². The molecule has 1 aliphatic heterocycles. The third kappa shape index (κ3) is 3.80. The van der Waals surface area contributed by atoms with Crippen molar-refractivity contribution in [2.24, 2.45) is 0 Å². The number of aliphatic hydroxyl groups is 1. The second-order valence-electron chi connectivity index (χ2n) is 5.99. The predicted octanol–water partition coefficient (Wildman–Crippen LogP) is 2.46. The first-order chi connectivity index (χ1) is 11.2. The summed E-state index contributed by atoms with van der Waals surface area (Å²) < 4.78 is 0. The summed E-state index contributed by atoms with van der Waals surface area (Å²) in [5.74, 6) is 1.00. The molecule has 0 spiro atoms. The number of nitrogen functional groups attached to an aromatic ring is 1. The van der Waals surface area contributed by atoms with Gasteiger partial charge in [-0.05, 0) is 55.5 Å². The summed E-state index contributed by atoms with van der Waals surface area (Å²) in [7, 11) is 0. The lowest BCUT2D eigenvalue weighted by molar-refractivity contribution is 0.299. The summed E-state index contributed by atoms with van der Waals surface area (Å²) in [6, 6.07) is 9.17. The van der Waals surface area contributed by atoms with Crippen LogP contribution >= 0.6 is 12.4 Å². The molecule has 0 amide bonds. The van der Waals surface area contributed by atoms with E-state index < -0.39 is 0 Å². The molecule has 1 saturated heterocycles. The summed E-state index contributed by atoms with van der Waals surface area (Å²) in [5.41, 5.74) is 9.61. The smallest absolute Gasteiger partial charge is 0.127 e. The monoisotopic (exact) mass is 349 g/mol. The maximum absolute atomic E-state index is 10.1. The zero-order valence-electron chi connectivity index (χ0n) is 13.5. The standard InChI is InChI=1S/C18H23N3O2.ClH/c19-18-13(7-9-22)15(12-4-3-8-20-11-12)10-16(21-18)14-5-1-2-6-17(14)23;/h1-2,5-6,10,12,20,22-23H,3-4,7-9,11H2,(H2,19,21);1H. The highest BCUT2D eigenvalue weighted by molar-refractivity contribution is 5.85. The highest BCUT2D eigenvalue weighted by atomic mass is 35.5. The van der Waals surface area contributed by atoms with Gasteiger partial charge in [-0.15, -0.1) is 12.4 Å². The molecule has 1 aromatic heterocycles. The van der Waals surface area contributed by atoms with E-state index in [4.69, 9.17) is 5.73 Å². The lowest BCUT2D eigenvalue weighted by Gasteiger charge is -2.26. The van der Waals surface area contributed by atoms with Gasteiger partial charge in [0.05, 0.1) is 5.69 Å². The van der Waals surface area contributed by atoms with Crippen LogP contribution in [0.5, 0.6) is 5.75 Å². The van der Waals surface area contributed by atoms with Gasteiger partial charge in [0.1, 0.15) is 11.6 Å². The number of aromatic nitrogens is 1. The number of halogens is 1. The normalized spacial score (nSPS) is 17.3. The van der Waals surface area contributed by atoms with Crippen LogP contribution < -0.4 is 11.1 Å². The van der Waals surface area contributed by atoms with Gasteiger partial charge in [-0.25, -0.2) is 4.98 Å². The molecule has 3 rings (SSSR count). The minimum atomic E-state index is 0. The van der Waals surface area contributed by atoms with Crippen molar-refractivity contribution < 1.29 is 10.2 Å². The molecular formula is C18H24ClN3O2. The number of piperidine rings is 1. The van der Waals surface area contributed by atoms with E-state index in [2.05, 4.69) is 10.3 Å². The Bertz CT molecular complexity index is 688. The minimum absolute atomic E-state index is 0. The lowest BCUT2D eigenvalue weighted by Crippen LogP contribution is -2.29. The fourth-order valence-electron chi connectivity index (χ4n) is 3.31. The number of hydrogen-bond acceptors (Lipinski definition) is 5. The molecule has 0 aliphatic carbocycles. The molecule has 1 aromatic carbocycles. The Labute approximate surface area is 148 Å². The van der Waals surface area contributed by atoms with Gasteiger partial charge in [-0.3, -0.25) is 0 Å². The fraction of sp³-hybridized carbons (Fsp3) is 0.389. The molecule has 2 heterocycles. The number of rotatable bonds is 4. The van der Waals surface area contributed by atoms with E-state index in [1.54, 1.807) is 12.1 Å². The van der Waals surface area contributed by atoms with Crippen LogP contribution in [0.1, 0.15) is 29.9 Å². The SMILES string of the molecule is Cl.Nc1nc(-c2ccccc2O)cc(C2CCCNC2)c1CCO. The second-order valence-corrected chi connectivity index (χ2v) is 5.99. The van der Waals surface area contributed by atoms with E-state index in [1.807, 2.05) is 18.2 Å². The molecule has 24 heavy (non-hydrogen) atoms. The van der Waals surface area contributed by atoms with Gasteiger partial charge in [-0.1, -0.05) is 12.1 Å². The molecule has 6 heteroatoms. The summed E-state index contributed by atoms with van der Waals surface area (Å²) >= 11 is 0. The van der Waals surface area contributed by atoms with Crippen LogP contribution in [-0.4, -0.2) is 34.9 Å². The first-order valence-corrected chi connectivity index (χ1v) is 8.10. The number of anilines is 1. The topological polar surface area (TPSA) is 91.4 Å². The molecule has 1 atom stereocenters. The maximum Gasteiger partial charge on any atom is 0.127 e. The zero-order valence-corrected chi connectivity index (χ0v) is 14.4. The molecule has 1 fully saturated rings. The molecule has 2 aromatic rings. The molecule has 0 saturated carbocycles. The van der Waals surface area contributed by atoms with Gasteiger partial charge >= 0.3 is 0 Å². The van der Waals surface area contributed by atoms with Crippen LogP contribution in [-0.2, 0) is 6.42 Å². The summed E-state index contributed by atoms with van der Waals surface area (Å²) in [5, 5.41) is 22.9. The van der Waals surface area contributed by atoms with Crippen LogP contribution in [0, 0.1) is 0 Å². The molecule has 1 unspecified atom stereocenters. The Hall–Kier alpha value is -1.82. The maximum atomic E-state index is 10.1. The van der Waals surface area contributed by atoms with Crippen molar-refractivity contribution in [1.29, 1.82) is 0 Å². The Morgan fingerprint density at radius 1 is 1.29 bits per heavy atom. The number of pyridine rings is 1. The number of benzene rings is 1. The van der Waals surface area contributed by atoms with E-state index in [9.17, 15) is 10.2 Å².